The van der Waals surface area contributed by atoms with Crippen molar-refractivity contribution in [1.29, 1.82) is 0 Å². The van der Waals surface area contributed by atoms with Gasteiger partial charge in [-0.3, -0.25) is 0 Å². The number of benzene rings is 2. The molecule has 0 saturated carbocycles. The highest BCUT2D eigenvalue weighted by Crippen LogP contribution is 2.45. The van der Waals surface area contributed by atoms with E-state index in [2.05, 4.69) is 57.8 Å². The lowest BCUT2D eigenvalue weighted by atomic mass is 10.0. The van der Waals surface area contributed by atoms with Crippen molar-refractivity contribution in [3.63, 3.8) is 0 Å². The molecule has 1 fully saturated rings. The van der Waals surface area contributed by atoms with Crippen LogP contribution in [0.4, 0.5) is 5.82 Å². The highest BCUT2D eigenvalue weighted by molar-refractivity contribution is 6.30. The van der Waals surface area contributed by atoms with Crippen molar-refractivity contribution in [1.82, 2.24) is 10.3 Å². The fourth-order valence-corrected chi connectivity index (χ4v) is 4.03. The first-order chi connectivity index (χ1) is 12.9. The van der Waals surface area contributed by atoms with Gasteiger partial charge in [0.2, 0.25) is 0 Å². The van der Waals surface area contributed by atoms with E-state index in [-0.39, 0.29) is 0 Å². The van der Waals surface area contributed by atoms with E-state index in [1.165, 1.54) is 11.1 Å². The number of aromatic nitrogens is 1. The van der Waals surface area contributed by atoms with E-state index in [9.17, 15) is 0 Å². The fraction of sp³-hybridized carbons (Fsp3) is 0.238. The maximum absolute atomic E-state index is 5.22. The minimum Gasteiger partial charge on any atom is -0.399 e. The van der Waals surface area contributed by atoms with E-state index >= 15 is 0 Å². The van der Waals surface area contributed by atoms with Gasteiger partial charge in [0, 0.05) is 48.3 Å². The molecule has 5 heteroatoms. The summed E-state index contributed by atoms with van der Waals surface area (Å²) < 4.78 is 0. The summed E-state index contributed by atoms with van der Waals surface area (Å²) in [5.41, 5.74) is 6.50. The van der Waals surface area contributed by atoms with Gasteiger partial charge in [0.15, 0.2) is 0 Å². The molecule has 0 radical (unpaired) electrons. The first-order valence-corrected chi connectivity index (χ1v) is 8.98. The molecule has 1 aromatic heterocycles. The molecule has 3 aromatic rings. The van der Waals surface area contributed by atoms with Crippen LogP contribution in [-0.2, 0) is 4.84 Å². The minimum atomic E-state index is 0.896. The smallest absolute Gasteiger partial charge is 0.137 e. The molecule has 0 atom stereocenters. The third-order valence-corrected chi connectivity index (χ3v) is 5.16. The Labute approximate surface area is 152 Å². The number of piperazine rings is 1. The number of pyridine rings is 1. The molecule has 2 heterocycles. The number of hydrogen-bond donors (Lipinski definition) is 1. The van der Waals surface area contributed by atoms with E-state index in [4.69, 9.17) is 9.82 Å². The molecule has 1 N–H and O–H groups in total. The first-order valence-electron chi connectivity index (χ1n) is 8.98. The molecule has 0 unspecified atom stereocenters. The van der Waals surface area contributed by atoms with Crippen molar-refractivity contribution in [2.75, 3.05) is 38.2 Å². The molecule has 1 aliphatic carbocycles. The Hall–Kier alpha value is -2.92. The van der Waals surface area contributed by atoms with E-state index in [0.29, 0.717) is 0 Å². The lowest BCUT2D eigenvalue weighted by Gasteiger charge is -2.30. The molecule has 1 saturated heterocycles. The van der Waals surface area contributed by atoms with E-state index in [1.54, 1.807) is 7.11 Å². The summed E-state index contributed by atoms with van der Waals surface area (Å²) in [6.07, 6.45) is 0. The predicted octanol–water partition coefficient (Wildman–Crippen LogP) is 3.02. The van der Waals surface area contributed by atoms with Crippen LogP contribution in [0.15, 0.2) is 53.7 Å². The van der Waals surface area contributed by atoms with Gasteiger partial charge in [0.25, 0.3) is 0 Å². The number of hydrogen-bond acceptors (Lipinski definition) is 5. The maximum atomic E-state index is 5.22. The maximum Gasteiger partial charge on any atom is 0.137 e. The molecule has 130 valence electrons. The van der Waals surface area contributed by atoms with Crippen LogP contribution in [0.3, 0.4) is 0 Å². The van der Waals surface area contributed by atoms with Crippen molar-refractivity contribution in [3.8, 4) is 11.1 Å². The quantitative estimate of drug-likeness (QED) is 0.568. The van der Waals surface area contributed by atoms with E-state index in [0.717, 1.165) is 59.7 Å². The highest BCUT2D eigenvalue weighted by atomic mass is 16.6. The molecule has 2 aromatic carbocycles. The first kappa shape index (κ1) is 15.3. The molecule has 5 nitrogen and oxygen atoms in total. The number of nitrogens with one attached hydrogen (secondary N) is 1. The molecule has 0 amide bonds. The normalized spacial score (nSPS) is 17.4. The van der Waals surface area contributed by atoms with E-state index in [1.807, 2.05) is 6.07 Å². The van der Waals surface area contributed by atoms with Gasteiger partial charge >= 0.3 is 0 Å². The summed E-state index contributed by atoms with van der Waals surface area (Å²) in [5, 5.41) is 8.94. The molecule has 1 aliphatic heterocycles. The van der Waals surface area contributed by atoms with Crippen LogP contribution in [0.1, 0.15) is 11.1 Å². The summed E-state index contributed by atoms with van der Waals surface area (Å²) in [4.78, 5) is 12.7. The van der Waals surface area contributed by atoms with Gasteiger partial charge in [-0.25, -0.2) is 4.98 Å². The Morgan fingerprint density at radius 2 is 1.69 bits per heavy atom. The van der Waals surface area contributed by atoms with Gasteiger partial charge in [-0.05, 0) is 11.6 Å². The van der Waals surface area contributed by atoms with Crippen molar-refractivity contribution < 1.29 is 4.84 Å². The van der Waals surface area contributed by atoms with Gasteiger partial charge < -0.3 is 15.1 Å². The third kappa shape index (κ3) is 2.21. The summed E-state index contributed by atoms with van der Waals surface area (Å²) in [6, 6.07) is 16.7. The van der Waals surface area contributed by atoms with Gasteiger partial charge in [-0.2, -0.15) is 0 Å². The van der Waals surface area contributed by atoms with Crippen LogP contribution in [0, 0.1) is 0 Å². The second-order valence-corrected chi connectivity index (χ2v) is 6.61. The Kier molecular flexibility index (Phi) is 3.60. The van der Waals surface area contributed by atoms with Crippen LogP contribution in [0.2, 0.25) is 0 Å². The summed E-state index contributed by atoms with van der Waals surface area (Å²) in [6.45, 7) is 3.86. The van der Waals surface area contributed by atoms with E-state index < -0.39 is 0 Å². The third-order valence-electron chi connectivity index (χ3n) is 5.16. The van der Waals surface area contributed by atoms with Gasteiger partial charge in [-0.15, -0.1) is 0 Å². The van der Waals surface area contributed by atoms with Crippen molar-refractivity contribution in [3.05, 3.63) is 59.7 Å². The lowest BCUT2D eigenvalue weighted by Crippen LogP contribution is -2.44. The molecule has 0 spiro atoms. The SMILES string of the molecule is CON=C1c2ccccc2-c2c(N3CCNCC3)nc3ccccc3c21. The van der Waals surface area contributed by atoms with Gasteiger partial charge in [-0.1, -0.05) is 47.6 Å². The zero-order valence-corrected chi connectivity index (χ0v) is 14.7. The number of anilines is 1. The number of para-hydroxylation sites is 1. The molecule has 5 rings (SSSR count). The zero-order chi connectivity index (χ0) is 17.5. The van der Waals surface area contributed by atoms with Crippen LogP contribution in [0.5, 0.6) is 0 Å². The fourth-order valence-electron chi connectivity index (χ4n) is 4.03. The monoisotopic (exact) mass is 344 g/mol. The highest BCUT2D eigenvalue weighted by Gasteiger charge is 2.32. The van der Waals surface area contributed by atoms with Gasteiger partial charge in [0.05, 0.1) is 5.52 Å². The average Bonchev–Trinajstić information content (AvgIpc) is 3.03. The zero-order valence-electron chi connectivity index (χ0n) is 14.7. The summed E-state index contributed by atoms with van der Waals surface area (Å²) in [5.74, 6) is 1.05. The summed E-state index contributed by atoms with van der Waals surface area (Å²) in [7, 11) is 1.61. The number of rotatable bonds is 2. The second-order valence-electron chi connectivity index (χ2n) is 6.61. The standard InChI is InChI=1S/C21H20N4O/c1-26-24-20-15-7-3-2-6-14(15)19-18(20)16-8-4-5-9-17(16)23-21(19)25-12-10-22-11-13-25/h2-9,22H,10-13H2,1H3. The van der Waals surface area contributed by atoms with Crippen LogP contribution < -0.4 is 10.2 Å². The Balaban J connectivity index is 1.88. The predicted molar refractivity (Wildman–Crippen MR) is 105 cm³/mol. The molecule has 0 bridgehead atoms. The van der Waals surface area contributed by atoms with Crippen molar-refractivity contribution in [2.24, 2.45) is 5.16 Å². The lowest BCUT2D eigenvalue weighted by molar-refractivity contribution is 0.214. The van der Waals surface area contributed by atoms with Crippen molar-refractivity contribution >= 4 is 22.4 Å². The number of oxime groups is 1. The van der Waals surface area contributed by atoms with Crippen LogP contribution in [-0.4, -0.2) is 44.0 Å². The van der Waals surface area contributed by atoms with Crippen LogP contribution >= 0.6 is 0 Å². The largest absolute Gasteiger partial charge is 0.399 e. The second kappa shape index (κ2) is 6.11. The Morgan fingerprint density at radius 3 is 2.50 bits per heavy atom. The average molecular weight is 344 g/mol. The Bertz CT molecular complexity index is 1020. The van der Waals surface area contributed by atoms with Gasteiger partial charge in [0.1, 0.15) is 18.6 Å². The molecular formula is C21H20N4O. The minimum absolute atomic E-state index is 0.896. The van der Waals surface area contributed by atoms with Crippen molar-refractivity contribution in [2.45, 2.75) is 0 Å². The molecular weight excluding hydrogens is 324 g/mol. The molecule has 26 heavy (non-hydrogen) atoms. The van der Waals surface area contributed by atoms with Crippen LogP contribution in [0.25, 0.3) is 22.0 Å². The number of fused-ring (bicyclic) bond motifs is 5. The summed E-state index contributed by atoms with van der Waals surface area (Å²) >= 11 is 0. The molecule has 2 aliphatic rings. The number of nitrogens with zero attached hydrogens (tertiary/aromatic N) is 3. The Morgan fingerprint density at radius 1 is 0.962 bits per heavy atom. The topological polar surface area (TPSA) is 49.8 Å².